The summed E-state index contributed by atoms with van der Waals surface area (Å²) >= 11 is 0. The van der Waals surface area contributed by atoms with Crippen LogP contribution in [0.2, 0.25) is 0 Å². The van der Waals surface area contributed by atoms with Gasteiger partial charge in [0.25, 0.3) is 0 Å². The zero-order valence-electron chi connectivity index (χ0n) is 8.12. The van der Waals surface area contributed by atoms with Gasteiger partial charge in [0.2, 0.25) is 5.91 Å². The van der Waals surface area contributed by atoms with Crippen molar-refractivity contribution in [3.8, 4) is 0 Å². The minimum Gasteiger partial charge on any atom is -0.381 e. The number of hydrogen-bond acceptors (Lipinski definition) is 3. The molecular weight excluding hydrogens is 170 g/mol. The topological polar surface area (TPSA) is 38.8 Å². The lowest BCUT2D eigenvalue weighted by Gasteiger charge is -2.26. The van der Waals surface area contributed by atoms with Crippen LogP contribution in [0.1, 0.15) is 13.3 Å². The Labute approximate surface area is 78.8 Å². The first-order valence-corrected chi connectivity index (χ1v) is 4.78. The van der Waals surface area contributed by atoms with E-state index in [0.29, 0.717) is 32.8 Å². The number of nitrogens with zero attached hydrogens (tertiary/aromatic N) is 1. The zero-order valence-corrected chi connectivity index (χ0v) is 8.12. The average Bonchev–Trinajstić information content (AvgIpc) is 2.19. The molecule has 0 saturated carbocycles. The number of hydrogen-bond donors (Lipinski definition) is 0. The zero-order chi connectivity index (χ0) is 9.52. The summed E-state index contributed by atoms with van der Waals surface area (Å²) in [5.41, 5.74) is 0. The lowest BCUT2D eigenvalue weighted by atomic mass is 10.3. The van der Waals surface area contributed by atoms with E-state index in [1.807, 2.05) is 11.8 Å². The van der Waals surface area contributed by atoms with Crippen LogP contribution in [-0.4, -0.2) is 50.3 Å². The largest absolute Gasteiger partial charge is 0.381 e. The maximum atomic E-state index is 11.5. The predicted octanol–water partition coefficient (Wildman–Crippen LogP) is 0.272. The van der Waals surface area contributed by atoms with Crippen molar-refractivity contribution < 1.29 is 14.3 Å². The monoisotopic (exact) mass is 187 g/mol. The second-order valence-electron chi connectivity index (χ2n) is 2.94. The fourth-order valence-electron chi connectivity index (χ4n) is 1.27. The van der Waals surface area contributed by atoms with Crippen LogP contribution in [0.15, 0.2) is 0 Å². The summed E-state index contributed by atoms with van der Waals surface area (Å²) in [6, 6.07) is 0. The number of amides is 1. The lowest BCUT2D eigenvalue weighted by Crippen LogP contribution is -2.41. The van der Waals surface area contributed by atoms with Gasteiger partial charge in [-0.2, -0.15) is 0 Å². The summed E-state index contributed by atoms with van der Waals surface area (Å²) in [4.78, 5) is 13.3. The maximum absolute atomic E-state index is 11.5. The molecule has 76 valence electrons. The van der Waals surface area contributed by atoms with Crippen LogP contribution in [0.25, 0.3) is 0 Å². The summed E-state index contributed by atoms with van der Waals surface area (Å²) in [6.07, 6.45) is 0.494. The van der Waals surface area contributed by atoms with Crippen molar-refractivity contribution in [1.29, 1.82) is 0 Å². The van der Waals surface area contributed by atoms with Crippen LogP contribution in [0.3, 0.4) is 0 Å². The number of morpholine rings is 1. The molecule has 1 saturated heterocycles. The summed E-state index contributed by atoms with van der Waals surface area (Å²) in [5, 5.41) is 0. The molecule has 0 unspecified atom stereocenters. The molecule has 1 heterocycles. The molecule has 1 aliphatic rings. The molecule has 0 aromatic heterocycles. The van der Waals surface area contributed by atoms with E-state index in [9.17, 15) is 4.79 Å². The van der Waals surface area contributed by atoms with Gasteiger partial charge in [0, 0.05) is 19.7 Å². The van der Waals surface area contributed by atoms with Crippen molar-refractivity contribution >= 4 is 5.91 Å². The molecule has 0 aliphatic carbocycles. The van der Waals surface area contributed by atoms with Gasteiger partial charge >= 0.3 is 0 Å². The average molecular weight is 187 g/mol. The second kappa shape index (κ2) is 5.94. The van der Waals surface area contributed by atoms with Gasteiger partial charge in [0.1, 0.15) is 0 Å². The third-order valence-electron chi connectivity index (χ3n) is 2.03. The van der Waals surface area contributed by atoms with E-state index in [1.165, 1.54) is 0 Å². The second-order valence-corrected chi connectivity index (χ2v) is 2.94. The molecule has 4 heteroatoms. The van der Waals surface area contributed by atoms with Gasteiger partial charge in [0.15, 0.2) is 0 Å². The Hall–Kier alpha value is -0.610. The number of ether oxygens (including phenoxy) is 2. The fraction of sp³-hybridized carbons (Fsp3) is 0.889. The van der Waals surface area contributed by atoms with Gasteiger partial charge in [-0.15, -0.1) is 0 Å². The minimum atomic E-state index is 0.178. The first-order chi connectivity index (χ1) is 6.34. The molecule has 1 fully saturated rings. The van der Waals surface area contributed by atoms with Gasteiger partial charge in [-0.05, 0) is 6.92 Å². The quantitative estimate of drug-likeness (QED) is 0.593. The molecule has 0 radical (unpaired) electrons. The molecule has 13 heavy (non-hydrogen) atoms. The summed E-state index contributed by atoms with van der Waals surface area (Å²) < 4.78 is 10.3. The van der Waals surface area contributed by atoms with Crippen LogP contribution in [0.5, 0.6) is 0 Å². The van der Waals surface area contributed by atoms with Gasteiger partial charge in [-0.1, -0.05) is 0 Å². The first kappa shape index (κ1) is 10.5. The predicted molar refractivity (Wildman–Crippen MR) is 48.5 cm³/mol. The van der Waals surface area contributed by atoms with Gasteiger partial charge < -0.3 is 14.4 Å². The number of carbonyl (C=O) groups is 1. The van der Waals surface area contributed by atoms with Gasteiger partial charge in [0.05, 0.1) is 26.2 Å². The van der Waals surface area contributed by atoms with Crippen molar-refractivity contribution in [2.75, 3.05) is 39.5 Å². The maximum Gasteiger partial charge on any atom is 0.225 e. The van der Waals surface area contributed by atoms with Crippen molar-refractivity contribution in [2.45, 2.75) is 13.3 Å². The third-order valence-corrected chi connectivity index (χ3v) is 2.03. The lowest BCUT2D eigenvalue weighted by molar-refractivity contribution is -0.136. The van der Waals surface area contributed by atoms with Crippen molar-refractivity contribution in [1.82, 2.24) is 4.90 Å². The van der Waals surface area contributed by atoms with Crippen LogP contribution in [-0.2, 0) is 14.3 Å². The molecule has 1 aliphatic heterocycles. The molecule has 0 aromatic rings. The third kappa shape index (κ3) is 3.74. The van der Waals surface area contributed by atoms with Crippen LogP contribution in [0.4, 0.5) is 0 Å². The molecule has 0 aromatic carbocycles. The Morgan fingerprint density at radius 1 is 1.46 bits per heavy atom. The standard InChI is InChI=1S/C9H17NO3/c1-2-12-6-3-9(11)10-4-7-13-8-5-10/h2-8H2,1H3. The van der Waals surface area contributed by atoms with E-state index in [2.05, 4.69) is 0 Å². The van der Waals surface area contributed by atoms with E-state index in [4.69, 9.17) is 9.47 Å². The van der Waals surface area contributed by atoms with E-state index >= 15 is 0 Å². The van der Waals surface area contributed by atoms with E-state index in [-0.39, 0.29) is 5.91 Å². The van der Waals surface area contributed by atoms with Gasteiger partial charge in [-0.25, -0.2) is 0 Å². The smallest absolute Gasteiger partial charge is 0.225 e. The van der Waals surface area contributed by atoms with E-state index < -0.39 is 0 Å². The van der Waals surface area contributed by atoms with Crippen molar-refractivity contribution in [2.24, 2.45) is 0 Å². The Kier molecular flexibility index (Phi) is 4.78. The van der Waals surface area contributed by atoms with Crippen molar-refractivity contribution in [3.63, 3.8) is 0 Å². The molecule has 0 N–H and O–H groups in total. The normalized spacial score (nSPS) is 17.5. The van der Waals surface area contributed by atoms with Crippen LogP contribution in [0, 0.1) is 0 Å². The number of carbonyl (C=O) groups excluding carboxylic acids is 1. The highest BCUT2D eigenvalue weighted by Gasteiger charge is 2.15. The van der Waals surface area contributed by atoms with Crippen molar-refractivity contribution in [3.05, 3.63) is 0 Å². The Balaban J connectivity index is 2.13. The fourth-order valence-corrected chi connectivity index (χ4v) is 1.27. The SMILES string of the molecule is CCOCCC(=O)N1CCOCC1. The summed E-state index contributed by atoms with van der Waals surface area (Å²) in [7, 11) is 0. The summed E-state index contributed by atoms with van der Waals surface area (Å²) in [5.74, 6) is 0.178. The highest BCUT2D eigenvalue weighted by Crippen LogP contribution is 1.99. The Morgan fingerprint density at radius 3 is 2.77 bits per heavy atom. The van der Waals surface area contributed by atoms with E-state index in [0.717, 1.165) is 13.1 Å². The highest BCUT2D eigenvalue weighted by molar-refractivity contribution is 5.76. The Bertz CT molecular complexity index is 155. The molecular formula is C9H17NO3. The molecule has 1 rings (SSSR count). The molecule has 0 spiro atoms. The molecule has 0 atom stereocenters. The minimum absolute atomic E-state index is 0.178. The first-order valence-electron chi connectivity index (χ1n) is 4.78. The van der Waals surface area contributed by atoms with Crippen LogP contribution < -0.4 is 0 Å². The molecule has 4 nitrogen and oxygen atoms in total. The summed E-state index contributed by atoms with van der Waals surface area (Å²) in [6.45, 7) is 5.93. The van der Waals surface area contributed by atoms with Gasteiger partial charge in [-0.3, -0.25) is 4.79 Å². The molecule has 0 bridgehead atoms. The molecule has 1 amide bonds. The van der Waals surface area contributed by atoms with E-state index in [1.54, 1.807) is 0 Å². The highest BCUT2D eigenvalue weighted by atomic mass is 16.5. The number of rotatable bonds is 4. The van der Waals surface area contributed by atoms with Crippen LogP contribution >= 0.6 is 0 Å². The Morgan fingerprint density at radius 2 is 2.15 bits per heavy atom.